The maximum Gasteiger partial charge on any atom is 0.338 e. The minimum absolute atomic E-state index is 0.0442. The van der Waals surface area contributed by atoms with Crippen LogP contribution in [-0.2, 0) is 24.6 Å². The summed E-state index contributed by atoms with van der Waals surface area (Å²) in [6, 6.07) is 2.82. The number of thioether (sulfide) groups is 1. The summed E-state index contributed by atoms with van der Waals surface area (Å²) in [5, 5.41) is 0.294. The van der Waals surface area contributed by atoms with E-state index < -0.39 is 22.8 Å². The molecule has 0 bridgehead atoms. The Morgan fingerprint density at radius 1 is 1.18 bits per heavy atom. The van der Waals surface area contributed by atoms with Crippen LogP contribution in [0.3, 0.4) is 0 Å². The van der Waals surface area contributed by atoms with E-state index in [1.54, 1.807) is 14.0 Å². The maximum absolute atomic E-state index is 12.5. The zero-order valence-electron chi connectivity index (χ0n) is 15.6. The predicted molar refractivity (Wildman–Crippen MR) is 103 cm³/mol. The fraction of sp³-hybridized carbons (Fsp3) is 0.294. The van der Waals surface area contributed by atoms with E-state index in [1.807, 2.05) is 0 Å². The number of carbonyl (C=O) groups excluding carboxylic acids is 1. The van der Waals surface area contributed by atoms with Crippen LogP contribution in [0.15, 0.2) is 31.7 Å². The number of nitrogens with zero attached hydrogens (tertiary/aromatic N) is 4. The second kappa shape index (κ2) is 7.43. The normalized spacial score (nSPS) is 11.0. The van der Waals surface area contributed by atoms with Crippen molar-refractivity contribution in [3.8, 4) is 0 Å². The molecular formula is C17H17N5O5S. The van der Waals surface area contributed by atoms with E-state index in [-0.39, 0.29) is 27.5 Å². The van der Waals surface area contributed by atoms with Crippen molar-refractivity contribution >= 4 is 28.8 Å². The fourth-order valence-corrected chi connectivity index (χ4v) is 3.52. The average Bonchev–Trinajstić information content (AvgIpc) is 2.66. The number of aryl methyl sites for hydroxylation is 1. The third-order valence-electron chi connectivity index (χ3n) is 4.17. The number of ether oxygens (including phenoxy) is 1. The molecule has 0 fully saturated rings. The lowest BCUT2D eigenvalue weighted by Gasteiger charge is -2.09. The number of methoxy groups -OCH3 is 1. The van der Waals surface area contributed by atoms with Crippen LogP contribution in [-0.4, -0.2) is 37.2 Å². The number of hydrogen-bond acceptors (Lipinski definition) is 8. The highest BCUT2D eigenvalue weighted by molar-refractivity contribution is 7.98. The first-order chi connectivity index (χ1) is 13.2. The number of carbonyl (C=O) groups is 1. The van der Waals surface area contributed by atoms with Gasteiger partial charge in [-0.15, -0.1) is 0 Å². The fourth-order valence-electron chi connectivity index (χ4n) is 2.64. The Bertz CT molecular complexity index is 1270. The molecule has 0 unspecified atom stereocenters. The summed E-state index contributed by atoms with van der Waals surface area (Å²) in [6.45, 7) is 1.68. The summed E-state index contributed by atoms with van der Waals surface area (Å²) in [6.07, 6.45) is 0. The molecule has 3 aromatic heterocycles. The summed E-state index contributed by atoms with van der Waals surface area (Å²) < 4.78 is 7.08. The van der Waals surface area contributed by atoms with E-state index in [0.717, 1.165) is 16.3 Å². The molecule has 0 aliphatic heterocycles. The molecule has 0 spiro atoms. The van der Waals surface area contributed by atoms with Crippen LogP contribution in [0.1, 0.15) is 21.7 Å². The van der Waals surface area contributed by atoms with Crippen molar-refractivity contribution in [2.45, 2.75) is 17.8 Å². The Balaban J connectivity index is 2.02. The summed E-state index contributed by atoms with van der Waals surface area (Å²) in [5.41, 5.74) is -0.196. The quantitative estimate of drug-likeness (QED) is 0.369. The third kappa shape index (κ3) is 3.48. The molecule has 1 N–H and O–H groups in total. The Labute approximate surface area is 162 Å². The molecular weight excluding hydrogens is 386 g/mol. The highest BCUT2D eigenvalue weighted by Crippen LogP contribution is 2.20. The SMILES string of the molecule is COC(=O)c1cc(C)nc2nc(SCc3cc(=O)n(C)c(=O)n3C)[nH]c(=O)c12. The topological polar surface area (TPSA) is 129 Å². The van der Waals surface area contributed by atoms with E-state index in [2.05, 4.69) is 15.0 Å². The molecule has 3 aromatic rings. The molecule has 10 nitrogen and oxygen atoms in total. The first-order valence-electron chi connectivity index (χ1n) is 8.11. The molecule has 0 amide bonds. The number of hydrogen-bond donors (Lipinski definition) is 1. The standard InChI is InChI=1S/C17H17N5O5S/c1-8-5-10(15(25)27-4)12-13(18-8)19-16(20-14(12)24)28-7-9-6-11(23)22(3)17(26)21(9)2/h5-6H,7H2,1-4H3,(H,18,19,20,24). The van der Waals surface area contributed by atoms with Crippen molar-refractivity contribution in [3.63, 3.8) is 0 Å². The van der Waals surface area contributed by atoms with Gasteiger partial charge in [-0.2, -0.15) is 0 Å². The van der Waals surface area contributed by atoms with Crippen LogP contribution in [0, 0.1) is 6.92 Å². The van der Waals surface area contributed by atoms with Crippen LogP contribution in [0.5, 0.6) is 0 Å². The largest absolute Gasteiger partial charge is 0.465 e. The van der Waals surface area contributed by atoms with Gasteiger partial charge in [0.2, 0.25) is 0 Å². The van der Waals surface area contributed by atoms with E-state index in [9.17, 15) is 19.2 Å². The van der Waals surface area contributed by atoms with Gasteiger partial charge in [0.05, 0.1) is 18.1 Å². The van der Waals surface area contributed by atoms with E-state index >= 15 is 0 Å². The number of aromatic nitrogens is 5. The Morgan fingerprint density at radius 3 is 2.57 bits per heavy atom. The van der Waals surface area contributed by atoms with Crippen LogP contribution >= 0.6 is 11.8 Å². The van der Waals surface area contributed by atoms with Crippen LogP contribution in [0.4, 0.5) is 0 Å². The highest BCUT2D eigenvalue weighted by atomic mass is 32.2. The molecule has 0 radical (unpaired) electrons. The van der Waals surface area contributed by atoms with Crippen LogP contribution in [0.25, 0.3) is 11.0 Å². The number of aromatic amines is 1. The number of nitrogens with one attached hydrogen (secondary N) is 1. The molecule has 3 rings (SSSR count). The Hall–Kier alpha value is -3.21. The number of H-pyrrole nitrogens is 1. The Kier molecular flexibility index (Phi) is 5.18. The van der Waals surface area contributed by atoms with Gasteiger partial charge in [0.25, 0.3) is 11.1 Å². The van der Waals surface area contributed by atoms with Gasteiger partial charge in [-0.3, -0.25) is 18.7 Å². The van der Waals surface area contributed by atoms with Gasteiger partial charge in [0.1, 0.15) is 0 Å². The number of esters is 1. The zero-order chi connectivity index (χ0) is 20.6. The number of fused-ring (bicyclic) bond motifs is 1. The monoisotopic (exact) mass is 403 g/mol. The van der Waals surface area contributed by atoms with E-state index in [4.69, 9.17) is 4.74 Å². The lowest BCUT2D eigenvalue weighted by Crippen LogP contribution is -2.37. The molecule has 146 valence electrons. The van der Waals surface area contributed by atoms with Crippen molar-refractivity contribution in [3.05, 3.63) is 60.3 Å². The molecule has 3 heterocycles. The summed E-state index contributed by atoms with van der Waals surface area (Å²) in [5.74, 6) is -0.426. The maximum atomic E-state index is 12.5. The second-order valence-corrected chi connectivity index (χ2v) is 7.00. The summed E-state index contributed by atoms with van der Waals surface area (Å²) >= 11 is 1.14. The van der Waals surface area contributed by atoms with Gasteiger partial charge in [-0.05, 0) is 13.0 Å². The van der Waals surface area contributed by atoms with Crippen molar-refractivity contribution in [2.24, 2.45) is 14.1 Å². The minimum Gasteiger partial charge on any atom is -0.465 e. The van der Waals surface area contributed by atoms with Gasteiger partial charge in [0, 0.05) is 37.3 Å². The number of pyridine rings is 1. The van der Waals surface area contributed by atoms with Crippen LogP contribution in [0.2, 0.25) is 0 Å². The summed E-state index contributed by atoms with van der Waals surface area (Å²) in [4.78, 5) is 59.4. The first kappa shape index (κ1) is 19.5. The van der Waals surface area contributed by atoms with Crippen LogP contribution < -0.4 is 16.8 Å². The van der Waals surface area contributed by atoms with Gasteiger partial charge in [-0.25, -0.2) is 19.6 Å². The van der Waals surface area contributed by atoms with Gasteiger partial charge >= 0.3 is 11.7 Å². The molecule has 0 aliphatic rings. The minimum atomic E-state index is -0.654. The zero-order valence-corrected chi connectivity index (χ0v) is 16.4. The molecule has 11 heteroatoms. The predicted octanol–water partition coefficient (Wildman–Crippen LogP) is 0.103. The molecule has 0 saturated heterocycles. The van der Waals surface area contributed by atoms with Crippen molar-refractivity contribution in [1.82, 2.24) is 24.1 Å². The van der Waals surface area contributed by atoms with Gasteiger partial charge in [-0.1, -0.05) is 11.8 Å². The molecule has 0 saturated carbocycles. The van der Waals surface area contributed by atoms with Gasteiger partial charge in [0.15, 0.2) is 10.8 Å². The smallest absolute Gasteiger partial charge is 0.338 e. The second-order valence-electron chi connectivity index (χ2n) is 6.04. The summed E-state index contributed by atoms with van der Waals surface area (Å²) in [7, 11) is 4.18. The average molecular weight is 403 g/mol. The van der Waals surface area contributed by atoms with Crippen molar-refractivity contribution < 1.29 is 9.53 Å². The first-order valence-corrected chi connectivity index (χ1v) is 9.10. The molecule has 0 aliphatic carbocycles. The van der Waals surface area contributed by atoms with Gasteiger partial charge < -0.3 is 9.72 Å². The Morgan fingerprint density at radius 2 is 1.89 bits per heavy atom. The van der Waals surface area contributed by atoms with Crippen molar-refractivity contribution in [2.75, 3.05) is 7.11 Å². The van der Waals surface area contributed by atoms with E-state index in [1.165, 1.54) is 30.9 Å². The highest BCUT2D eigenvalue weighted by Gasteiger charge is 2.17. The van der Waals surface area contributed by atoms with E-state index in [0.29, 0.717) is 11.4 Å². The van der Waals surface area contributed by atoms with Crippen molar-refractivity contribution in [1.29, 1.82) is 0 Å². The molecule has 0 aromatic carbocycles. The molecule has 0 atom stereocenters. The number of rotatable bonds is 4. The third-order valence-corrected chi connectivity index (χ3v) is 5.08. The lowest BCUT2D eigenvalue weighted by molar-refractivity contribution is 0.0602. The lowest BCUT2D eigenvalue weighted by atomic mass is 10.1. The molecule has 28 heavy (non-hydrogen) atoms.